The maximum Gasteiger partial charge on any atom is 0.269 e. The number of hydrogen-bond donors (Lipinski definition) is 2. The van der Waals surface area contributed by atoms with E-state index >= 15 is 0 Å². The number of rotatable bonds is 4. The van der Waals surface area contributed by atoms with Crippen molar-refractivity contribution in [3.05, 3.63) is 39.9 Å². The number of nitrogens with zero attached hydrogens (tertiary/aromatic N) is 1. The van der Waals surface area contributed by atoms with Crippen molar-refractivity contribution >= 4 is 5.69 Å². The van der Waals surface area contributed by atoms with Gasteiger partial charge in [0.15, 0.2) is 0 Å². The van der Waals surface area contributed by atoms with Crippen LogP contribution in [0.15, 0.2) is 24.3 Å². The lowest BCUT2D eigenvalue weighted by atomic mass is 10.1. The van der Waals surface area contributed by atoms with Crippen LogP contribution in [-0.2, 0) is 0 Å². The van der Waals surface area contributed by atoms with E-state index < -0.39 is 4.92 Å². The smallest absolute Gasteiger partial charge is 0.269 e. The van der Waals surface area contributed by atoms with Crippen molar-refractivity contribution in [3.63, 3.8) is 0 Å². The maximum atomic E-state index is 10.4. The summed E-state index contributed by atoms with van der Waals surface area (Å²) in [5.74, 6) is 0. The van der Waals surface area contributed by atoms with Crippen LogP contribution in [-0.4, -0.2) is 23.7 Å². The Morgan fingerprint density at radius 3 is 2.43 bits per heavy atom. The molecule has 14 heavy (non-hydrogen) atoms. The zero-order valence-electron chi connectivity index (χ0n) is 7.80. The summed E-state index contributed by atoms with van der Waals surface area (Å²) in [5, 5.41) is 22.2. The fraction of sp³-hybridized carbons (Fsp3) is 0.333. The predicted molar refractivity (Wildman–Crippen MR) is 52.0 cm³/mol. The zero-order chi connectivity index (χ0) is 10.6. The first-order valence-corrected chi connectivity index (χ1v) is 4.21. The number of nitro benzene ring substituents is 1. The van der Waals surface area contributed by atoms with E-state index in [4.69, 9.17) is 5.11 Å². The molecule has 0 radical (unpaired) electrons. The minimum Gasteiger partial charge on any atom is -0.394 e. The van der Waals surface area contributed by atoms with Crippen molar-refractivity contribution in [1.29, 1.82) is 0 Å². The molecule has 0 aromatic heterocycles. The molecule has 5 nitrogen and oxygen atoms in total. The van der Waals surface area contributed by atoms with Crippen molar-refractivity contribution in [2.75, 3.05) is 13.7 Å². The van der Waals surface area contributed by atoms with Gasteiger partial charge in [-0.3, -0.25) is 10.1 Å². The Kier molecular flexibility index (Phi) is 3.55. The lowest BCUT2D eigenvalue weighted by Crippen LogP contribution is -2.19. The molecular weight excluding hydrogens is 184 g/mol. The molecule has 76 valence electrons. The van der Waals surface area contributed by atoms with Gasteiger partial charge in [-0.25, -0.2) is 0 Å². The van der Waals surface area contributed by atoms with Gasteiger partial charge in [0.2, 0.25) is 0 Å². The summed E-state index contributed by atoms with van der Waals surface area (Å²) in [6.45, 7) is -0.0334. The molecule has 0 saturated carbocycles. The number of benzene rings is 1. The molecule has 1 rings (SSSR count). The van der Waals surface area contributed by atoms with Gasteiger partial charge in [-0.1, -0.05) is 12.1 Å². The molecule has 1 aromatic rings. The van der Waals surface area contributed by atoms with E-state index in [-0.39, 0.29) is 18.3 Å². The average Bonchev–Trinajstić information content (AvgIpc) is 2.20. The Hall–Kier alpha value is -1.46. The second kappa shape index (κ2) is 4.69. The number of hydrogen-bond acceptors (Lipinski definition) is 4. The second-order valence-electron chi connectivity index (χ2n) is 2.87. The lowest BCUT2D eigenvalue weighted by Gasteiger charge is -2.12. The molecule has 0 saturated heterocycles. The van der Waals surface area contributed by atoms with E-state index in [0.29, 0.717) is 0 Å². The van der Waals surface area contributed by atoms with Crippen LogP contribution in [0, 0.1) is 10.1 Å². The van der Waals surface area contributed by atoms with Gasteiger partial charge >= 0.3 is 0 Å². The predicted octanol–water partition coefficient (Wildman–Crippen LogP) is 0.848. The third kappa shape index (κ3) is 2.27. The highest BCUT2D eigenvalue weighted by Gasteiger charge is 2.09. The van der Waals surface area contributed by atoms with Crippen LogP contribution >= 0.6 is 0 Å². The molecule has 0 amide bonds. The van der Waals surface area contributed by atoms with Crippen LogP contribution in [0.2, 0.25) is 0 Å². The van der Waals surface area contributed by atoms with Crippen LogP contribution in [0.25, 0.3) is 0 Å². The van der Waals surface area contributed by atoms with E-state index in [1.165, 1.54) is 12.1 Å². The Bertz CT molecular complexity index is 306. The molecular formula is C9H12N2O3. The summed E-state index contributed by atoms with van der Waals surface area (Å²) in [6.07, 6.45) is 0. The number of non-ortho nitro benzene ring substituents is 1. The van der Waals surface area contributed by atoms with E-state index in [9.17, 15) is 10.1 Å². The van der Waals surface area contributed by atoms with Crippen LogP contribution in [0.3, 0.4) is 0 Å². The first-order valence-electron chi connectivity index (χ1n) is 4.21. The van der Waals surface area contributed by atoms with Crippen molar-refractivity contribution < 1.29 is 10.0 Å². The fourth-order valence-corrected chi connectivity index (χ4v) is 1.19. The molecule has 0 bridgehead atoms. The third-order valence-corrected chi connectivity index (χ3v) is 2.04. The maximum absolute atomic E-state index is 10.4. The molecule has 1 aromatic carbocycles. The van der Waals surface area contributed by atoms with Crippen molar-refractivity contribution in [1.82, 2.24) is 5.32 Å². The summed E-state index contributed by atoms with van der Waals surface area (Å²) in [4.78, 5) is 9.91. The highest BCUT2D eigenvalue weighted by molar-refractivity contribution is 5.34. The molecule has 0 aliphatic rings. The minimum absolute atomic E-state index is 0.0334. The monoisotopic (exact) mass is 196 g/mol. The van der Waals surface area contributed by atoms with Crippen molar-refractivity contribution in [2.45, 2.75) is 6.04 Å². The van der Waals surface area contributed by atoms with Crippen LogP contribution in [0.4, 0.5) is 5.69 Å². The summed E-state index contributed by atoms with van der Waals surface area (Å²) >= 11 is 0. The van der Waals surface area contributed by atoms with Crippen LogP contribution in [0.5, 0.6) is 0 Å². The average molecular weight is 196 g/mol. The quantitative estimate of drug-likeness (QED) is 0.553. The van der Waals surface area contributed by atoms with E-state index in [1.54, 1.807) is 19.2 Å². The number of aliphatic hydroxyl groups is 1. The largest absolute Gasteiger partial charge is 0.394 e. The highest BCUT2D eigenvalue weighted by Crippen LogP contribution is 2.16. The van der Waals surface area contributed by atoms with E-state index in [0.717, 1.165) is 5.56 Å². The normalized spacial score (nSPS) is 12.4. The SMILES string of the molecule is CN[C@H](CO)c1ccc([N+](=O)[O-])cc1. The van der Waals surface area contributed by atoms with Crippen LogP contribution in [0.1, 0.15) is 11.6 Å². The molecule has 0 unspecified atom stereocenters. The Morgan fingerprint density at radius 1 is 1.50 bits per heavy atom. The summed E-state index contributed by atoms with van der Waals surface area (Å²) in [5.41, 5.74) is 0.891. The number of aliphatic hydroxyl groups excluding tert-OH is 1. The topological polar surface area (TPSA) is 75.4 Å². The summed E-state index contributed by atoms with van der Waals surface area (Å²) in [7, 11) is 1.72. The number of nitrogens with one attached hydrogen (secondary N) is 1. The van der Waals surface area contributed by atoms with Gasteiger partial charge in [-0.2, -0.15) is 0 Å². The summed E-state index contributed by atoms with van der Waals surface area (Å²) in [6, 6.07) is 5.95. The molecule has 0 spiro atoms. The molecule has 0 heterocycles. The second-order valence-corrected chi connectivity index (χ2v) is 2.87. The molecule has 0 aliphatic carbocycles. The van der Waals surface area contributed by atoms with E-state index in [2.05, 4.69) is 5.32 Å². The number of nitro groups is 1. The van der Waals surface area contributed by atoms with Crippen LogP contribution < -0.4 is 5.32 Å². The zero-order valence-corrected chi connectivity index (χ0v) is 7.80. The van der Waals surface area contributed by atoms with Gasteiger partial charge in [0.25, 0.3) is 5.69 Å². The van der Waals surface area contributed by atoms with Crippen molar-refractivity contribution in [3.8, 4) is 0 Å². The van der Waals surface area contributed by atoms with E-state index in [1.807, 2.05) is 0 Å². The Morgan fingerprint density at radius 2 is 2.07 bits per heavy atom. The third-order valence-electron chi connectivity index (χ3n) is 2.04. The molecule has 5 heteroatoms. The Labute approximate surface area is 81.5 Å². The van der Waals surface area contributed by atoms with Gasteiger partial charge in [0, 0.05) is 12.1 Å². The highest BCUT2D eigenvalue weighted by atomic mass is 16.6. The molecule has 2 N–H and O–H groups in total. The molecule has 0 aliphatic heterocycles. The van der Waals surface area contributed by atoms with Gasteiger partial charge in [-0.15, -0.1) is 0 Å². The fourth-order valence-electron chi connectivity index (χ4n) is 1.19. The van der Waals surface area contributed by atoms with Gasteiger partial charge in [0.05, 0.1) is 17.6 Å². The van der Waals surface area contributed by atoms with Gasteiger partial charge in [0.1, 0.15) is 0 Å². The molecule has 0 fully saturated rings. The van der Waals surface area contributed by atoms with Gasteiger partial charge < -0.3 is 10.4 Å². The first kappa shape index (κ1) is 10.6. The minimum atomic E-state index is -0.447. The summed E-state index contributed by atoms with van der Waals surface area (Å²) < 4.78 is 0. The first-order chi connectivity index (χ1) is 6.69. The van der Waals surface area contributed by atoms with Crippen molar-refractivity contribution in [2.24, 2.45) is 0 Å². The lowest BCUT2D eigenvalue weighted by molar-refractivity contribution is -0.384. The Balaban J connectivity index is 2.87. The standard InChI is InChI=1S/C9H12N2O3/c1-10-9(6-12)7-2-4-8(5-3-7)11(13)14/h2-5,9-10,12H,6H2,1H3/t9-/m1/s1. The van der Waals surface area contributed by atoms with Gasteiger partial charge in [-0.05, 0) is 12.6 Å². The number of likely N-dealkylation sites (N-methyl/N-ethyl adjacent to an activating group) is 1. The molecule has 1 atom stereocenters.